The largest absolute Gasteiger partial charge is 0.508 e. The second kappa shape index (κ2) is 12.3. The molecule has 2 aromatic carbocycles. The second-order valence-corrected chi connectivity index (χ2v) is 10.2. The van der Waals surface area contributed by atoms with Crippen molar-refractivity contribution in [2.45, 2.75) is 61.4 Å². The van der Waals surface area contributed by atoms with E-state index in [2.05, 4.69) is 0 Å². The summed E-state index contributed by atoms with van der Waals surface area (Å²) in [5.41, 5.74) is -1.48. The number of phenolic OH excluding ortho intramolecular Hbond substituents is 2. The van der Waals surface area contributed by atoms with E-state index in [9.17, 15) is 61.0 Å². The van der Waals surface area contributed by atoms with E-state index in [1.807, 2.05) is 0 Å². The maximum absolute atomic E-state index is 13.3. The van der Waals surface area contributed by atoms with Crippen molar-refractivity contribution in [1.29, 1.82) is 0 Å². The minimum absolute atomic E-state index is 0.0695. The van der Waals surface area contributed by atoms with Gasteiger partial charge in [0.2, 0.25) is 23.8 Å². The first-order chi connectivity index (χ1) is 20.9. The molecule has 0 bridgehead atoms. The number of ether oxygens (including phenoxy) is 4. The fraction of sp³-hybridized carbons (Fsp3) is 0.444. The van der Waals surface area contributed by atoms with E-state index in [0.717, 1.165) is 24.3 Å². The minimum atomic E-state index is -1.85. The van der Waals surface area contributed by atoms with Gasteiger partial charge >= 0.3 is 0 Å². The highest BCUT2D eigenvalue weighted by atomic mass is 16.7. The zero-order valence-electron chi connectivity index (χ0n) is 22.4. The number of rotatable bonds is 7. The molecule has 3 aromatic rings. The van der Waals surface area contributed by atoms with E-state index < -0.39 is 114 Å². The molecule has 0 amide bonds. The number of benzene rings is 2. The van der Waals surface area contributed by atoms with Gasteiger partial charge in [-0.05, 0) is 18.2 Å². The van der Waals surface area contributed by atoms with Gasteiger partial charge < -0.3 is 79.5 Å². The van der Waals surface area contributed by atoms with Crippen LogP contribution >= 0.6 is 0 Å². The lowest BCUT2D eigenvalue weighted by molar-refractivity contribution is -0.277. The van der Waals surface area contributed by atoms with Crippen LogP contribution in [0.4, 0.5) is 0 Å². The maximum Gasteiger partial charge on any atom is 0.238 e. The second-order valence-electron chi connectivity index (χ2n) is 10.2. The van der Waals surface area contributed by atoms with E-state index in [4.69, 9.17) is 23.4 Å². The van der Waals surface area contributed by atoms with Crippen molar-refractivity contribution in [3.8, 4) is 40.1 Å². The van der Waals surface area contributed by atoms with Gasteiger partial charge in [0.15, 0.2) is 17.3 Å². The molecule has 0 radical (unpaired) electrons. The van der Waals surface area contributed by atoms with Crippen LogP contribution in [-0.4, -0.2) is 131 Å². The Hall–Kier alpha value is -3.75. The summed E-state index contributed by atoms with van der Waals surface area (Å²) in [6, 6.07) is 5.34. The quantitative estimate of drug-likeness (QED) is 0.124. The zero-order chi connectivity index (χ0) is 32.0. The topological polar surface area (TPSA) is 290 Å². The van der Waals surface area contributed by atoms with Crippen LogP contribution in [0.3, 0.4) is 0 Å². The zero-order valence-corrected chi connectivity index (χ0v) is 22.4. The third kappa shape index (κ3) is 5.61. The average Bonchev–Trinajstić information content (AvgIpc) is 3.00. The third-order valence-electron chi connectivity index (χ3n) is 7.32. The number of aliphatic hydroxyl groups is 8. The van der Waals surface area contributed by atoms with E-state index in [0.29, 0.717) is 0 Å². The van der Waals surface area contributed by atoms with Gasteiger partial charge in [-0.15, -0.1) is 0 Å². The van der Waals surface area contributed by atoms with Crippen molar-refractivity contribution in [2.24, 2.45) is 0 Å². The third-order valence-corrected chi connectivity index (χ3v) is 7.32. The first-order valence-corrected chi connectivity index (χ1v) is 13.2. The Labute approximate surface area is 246 Å². The van der Waals surface area contributed by atoms with Gasteiger partial charge in [0.25, 0.3) is 0 Å². The molecular formula is C27H30O17. The van der Waals surface area contributed by atoms with Gasteiger partial charge in [0.05, 0.1) is 13.2 Å². The van der Waals surface area contributed by atoms with Gasteiger partial charge in [-0.25, -0.2) is 0 Å². The molecule has 17 nitrogen and oxygen atoms in total. The number of hydrogen-bond acceptors (Lipinski definition) is 17. The average molecular weight is 627 g/mol. The summed E-state index contributed by atoms with van der Waals surface area (Å²) in [6.07, 6.45) is -16.4. The van der Waals surface area contributed by atoms with Crippen LogP contribution in [0.1, 0.15) is 0 Å². The van der Waals surface area contributed by atoms with Crippen LogP contribution in [0.15, 0.2) is 39.5 Å². The summed E-state index contributed by atoms with van der Waals surface area (Å²) >= 11 is 0. The molecule has 2 saturated heterocycles. The van der Waals surface area contributed by atoms with Crippen molar-refractivity contribution >= 4 is 11.0 Å². The molecule has 0 saturated carbocycles. The SMILES string of the molecule is O=c1c(O)c(-c2ccc(OC3OC(CO)C(O)C(O)C3O)c(O)c2)oc2cc(O)cc(OC3OC(CO)C(O)C(O)C3O)c12. The highest BCUT2D eigenvalue weighted by Crippen LogP contribution is 2.40. The Bertz CT molecular complexity index is 1550. The highest BCUT2D eigenvalue weighted by Gasteiger charge is 2.46. The predicted octanol–water partition coefficient (Wildman–Crippen LogP) is -3.07. The van der Waals surface area contributed by atoms with E-state index in [1.165, 1.54) is 6.07 Å². The van der Waals surface area contributed by atoms with Crippen LogP contribution in [0.5, 0.6) is 28.7 Å². The molecule has 240 valence electrons. The summed E-state index contributed by atoms with van der Waals surface area (Å²) in [7, 11) is 0. The van der Waals surface area contributed by atoms with Gasteiger partial charge in [-0.2, -0.15) is 0 Å². The molecule has 5 rings (SSSR count). The Morgan fingerprint density at radius 1 is 0.682 bits per heavy atom. The van der Waals surface area contributed by atoms with E-state index >= 15 is 0 Å². The molecule has 10 atom stereocenters. The smallest absolute Gasteiger partial charge is 0.238 e. The van der Waals surface area contributed by atoms with Crippen molar-refractivity contribution in [3.63, 3.8) is 0 Å². The first-order valence-electron chi connectivity index (χ1n) is 13.2. The van der Waals surface area contributed by atoms with Crippen LogP contribution in [0.2, 0.25) is 0 Å². The van der Waals surface area contributed by atoms with Crippen molar-refractivity contribution < 1.29 is 79.5 Å². The molecule has 2 fully saturated rings. The first kappa shape index (κ1) is 31.7. The molecule has 11 N–H and O–H groups in total. The molecule has 2 aliphatic rings. The molecule has 0 aliphatic carbocycles. The fourth-order valence-electron chi connectivity index (χ4n) is 4.89. The van der Waals surface area contributed by atoms with Crippen LogP contribution < -0.4 is 14.9 Å². The summed E-state index contributed by atoms with van der Waals surface area (Å²) in [5, 5.41) is 110. The summed E-state index contributed by atoms with van der Waals surface area (Å²) < 4.78 is 27.1. The van der Waals surface area contributed by atoms with Gasteiger partial charge in [-0.3, -0.25) is 4.79 Å². The van der Waals surface area contributed by atoms with E-state index in [-0.39, 0.29) is 16.9 Å². The summed E-state index contributed by atoms with van der Waals surface area (Å²) in [5.74, 6) is -3.29. The Kier molecular flexibility index (Phi) is 8.87. The molecule has 0 spiro atoms. The monoisotopic (exact) mass is 626 g/mol. The molecule has 1 aromatic heterocycles. The normalized spacial score (nSPS) is 32.5. The van der Waals surface area contributed by atoms with Crippen LogP contribution in [0.25, 0.3) is 22.3 Å². The summed E-state index contributed by atoms with van der Waals surface area (Å²) in [6.45, 7) is -1.46. The number of aliphatic hydroxyl groups excluding tert-OH is 8. The lowest BCUT2D eigenvalue weighted by Crippen LogP contribution is -2.60. The van der Waals surface area contributed by atoms with Crippen LogP contribution in [-0.2, 0) is 9.47 Å². The van der Waals surface area contributed by atoms with Crippen molar-refractivity contribution in [3.05, 3.63) is 40.6 Å². The fourth-order valence-corrected chi connectivity index (χ4v) is 4.89. The van der Waals surface area contributed by atoms with E-state index in [1.54, 1.807) is 0 Å². The lowest BCUT2D eigenvalue weighted by atomic mass is 9.99. The minimum Gasteiger partial charge on any atom is -0.508 e. The van der Waals surface area contributed by atoms with Gasteiger partial charge in [0, 0.05) is 17.7 Å². The number of aromatic hydroxyl groups is 3. The Balaban J connectivity index is 1.46. The molecular weight excluding hydrogens is 596 g/mol. The van der Waals surface area contributed by atoms with Crippen LogP contribution in [0, 0.1) is 0 Å². The molecule has 10 unspecified atom stereocenters. The number of phenols is 2. The van der Waals surface area contributed by atoms with Crippen molar-refractivity contribution in [2.75, 3.05) is 13.2 Å². The standard InChI is InChI=1S/C27H30O17/c28-6-14-17(32)20(35)23(38)26(43-14)41-11-2-1-8(3-10(11)31)25-22(37)19(34)16-12(40-25)4-9(30)5-13(16)42-27-24(39)21(36)18(33)15(7-29)44-27/h1-5,14-15,17-18,20-21,23-24,26-33,35-39H,6-7H2. The predicted molar refractivity (Wildman–Crippen MR) is 142 cm³/mol. The molecule has 2 aliphatic heterocycles. The highest BCUT2D eigenvalue weighted by molar-refractivity contribution is 5.88. The van der Waals surface area contributed by atoms with Gasteiger partial charge in [0.1, 0.15) is 71.3 Å². The Morgan fingerprint density at radius 2 is 1.23 bits per heavy atom. The maximum atomic E-state index is 13.3. The van der Waals surface area contributed by atoms with Crippen molar-refractivity contribution in [1.82, 2.24) is 0 Å². The number of hydrogen-bond donors (Lipinski definition) is 11. The summed E-state index contributed by atoms with van der Waals surface area (Å²) in [4.78, 5) is 13.3. The molecule has 44 heavy (non-hydrogen) atoms. The Morgan fingerprint density at radius 3 is 1.75 bits per heavy atom. The molecule has 3 heterocycles. The molecule has 17 heteroatoms. The van der Waals surface area contributed by atoms with Gasteiger partial charge in [-0.1, -0.05) is 0 Å². The lowest BCUT2D eigenvalue weighted by Gasteiger charge is -2.39. The number of fused-ring (bicyclic) bond motifs is 1.